The first-order chi connectivity index (χ1) is 11.7. The number of rotatable bonds is 3. The van der Waals surface area contributed by atoms with E-state index in [9.17, 15) is 4.79 Å². The average molecular weight is 402 g/mol. The molecule has 2 aromatic heterocycles. The fourth-order valence-electron chi connectivity index (χ4n) is 3.02. The van der Waals surface area contributed by atoms with Gasteiger partial charge in [-0.05, 0) is 33.6 Å². The molecule has 0 atom stereocenters. The number of halogens is 1. The maximum absolute atomic E-state index is 12.5. The number of nitrogens with zero attached hydrogens (tertiary/aromatic N) is 2. The lowest BCUT2D eigenvalue weighted by atomic mass is 10.1. The summed E-state index contributed by atoms with van der Waals surface area (Å²) in [7, 11) is 0. The van der Waals surface area contributed by atoms with Gasteiger partial charge in [-0.15, -0.1) is 11.3 Å². The Morgan fingerprint density at radius 2 is 2.04 bits per heavy atom. The third kappa shape index (κ3) is 3.22. The molecule has 0 radical (unpaired) electrons. The summed E-state index contributed by atoms with van der Waals surface area (Å²) in [6.45, 7) is 2.44. The average Bonchev–Trinajstić information content (AvgIpc) is 3.03. The number of benzene rings is 1. The Labute approximate surface area is 152 Å². The summed E-state index contributed by atoms with van der Waals surface area (Å²) in [6.07, 6.45) is 0.811. The number of aromatic amines is 1. The van der Waals surface area contributed by atoms with Crippen molar-refractivity contribution in [3.63, 3.8) is 0 Å². The van der Waals surface area contributed by atoms with E-state index in [1.54, 1.807) is 11.3 Å². The van der Waals surface area contributed by atoms with E-state index in [2.05, 4.69) is 37.9 Å². The molecule has 0 bridgehead atoms. The number of hydrogen-bond acceptors (Lipinski definition) is 4. The molecule has 3 aromatic rings. The molecular formula is C18H16BrN3OS. The summed E-state index contributed by atoms with van der Waals surface area (Å²) in [5, 5.41) is 0. The first-order valence-electron chi connectivity index (χ1n) is 7.83. The maximum atomic E-state index is 12.5. The highest BCUT2D eigenvalue weighted by atomic mass is 79.9. The van der Waals surface area contributed by atoms with Gasteiger partial charge in [-0.1, -0.05) is 30.3 Å². The SMILES string of the molecule is O=c1[nH]c(-c2ccc(Br)s2)nc2c1CN(Cc1ccccc1)CC2. The fraction of sp³-hybridized carbons (Fsp3) is 0.222. The van der Waals surface area contributed by atoms with Gasteiger partial charge >= 0.3 is 0 Å². The summed E-state index contributed by atoms with van der Waals surface area (Å²) in [6, 6.07) is 14.3. The van der Waals surface area contributed by atoms with Crippen LogP contribution in [0, 0.1) is 0 Å². The highest BCUT2D eigenvalue weighted by Crippen LogP contribution is 2.29. The van der Waals surface area contributed by atoms with Crippen molar-refractivity contribution in [3.8, 4) is 10.7 Å². The summed E-state index contributed by atoms with van der Waals surface area (Å²) < 4.78 is 1.03. The quantitative estimate of drug-likeness (QED) is 0.725. The van der Waals surface area contributed by atoms with Crippen molar-refractivity contribution in [2.24, 2.45) is 0 Å². The monoisotopic (exact) mass is 401 g/mol. The van der Waals surface area contributed by atoms with Crippen LogP contribution in [-0.2, 0) is 19.5 Å². The van der Waals surface area contributed by atoms with Gasteiger partial charge in [0.05, 0.1) is 19.9 Å². The Balaban J connectivity index is 1.59. The van der Waals surface area contributed by atoms with Gasteiger partial charge < -0.3 is 4.98 Å². The van der Waals surface area contributed by atoms with Crippen LogP contribution in [0.3, 0.4) is 0 Å². The molecular weight excluding hydrogens is 386 g/mol. The molecule has 6 heteroatoms. The van der Waals surface area contributed by atoms with Crippen LogP contribution in [0.2, 0.25) is 0 Å². The van der Waals surface area contributed by atoms with Crippen LogP contribution >= 0.6 is 27.3 Å². The van der Waals surface area contributed by atoms with Crippen molar-refractivity contribution in [1.29, 1.82) is 0 Å². The molecule has 3 heterocycles. The molecule has 1 aromatic carbocycles. The Bertz CT molecular complexity index is 920. The van der Waals surface area contributed by atoms with E-state index in [1.165, 1.54) is 5.56 Å². The largest absolute Gasteiger partial charge is 0.306 e. The van der Waals surface area contributed by atoms with Crippen LogP contribution in [0.5, 0.6) is 0 Å². The molecule has 1 aliphatic rings. The minimum absolute atomic E-state index is 0.0164. The van der Waals surface area contributed by atoms with Crippen LogP contribution < -0.4 is 5.56 Å². The maximum Gasteiger partial charge on any atom is 0.255 e. The Kier molecular flexibility index (Phi) is 4.35. The first-order valence-corrected chi connectivity index (χ1v) is 9.44. The van der Waals surface area contributed by atoms with Crippen LogP contribution in [0.4, 0.5) is 0 Å². The summed E-state index contributed by atoms with van der Waals surface area (Å²) in [5.41, 5.74) is 2.99. The molecule has 0 aliphatic carbocycles. The molecule has 0 amide bonds. The molecule has 122 valence electrons. The van der Waals surface area contributed by atoms with Crippen molar-refractivity contribution < 1.29 is 0 Å². The summed E-state index contributed by atoms with van der Waals surface area (Å²) in [5.74, 6) is 0.672. The Morgan fingerprint density at radius 1 is 1.21 bits per heavy atom. The molecule has 0 saturated carbocycles. The molecule has 0 saturated heterocycles. The van der Waals surface area contributed by atoms with Crippen molar-refractivity contribution >= 4 is 27.3 Å². The summed E-state index contributed by atoms with van der Waals surface area (Å²) >= 11 is 5.03. The van der Waals surface area contributed by atoms with Crippen LogP contribution in [-0.4, -0.2) is 21.4 Å². The van der Waals surface area contributed by atoms with Gasteiger partial charge in [0.2, 0.25) is 0 Å². The normalized spacial score (nSPS) is 14.5. The minimum Gasteiger partial charge on any atom is -0.306 e. The van der Waals surface area contributed by atoms with Gasteiger partial charge in [0.15, 0.2) is 5.82 Å². The molecule has 0 spiro atoms. The third-order valence-corrected chi connectivity index (χ3v) is 5.83. The Morgan fingerprint density at radius 3 is 2.79 bits per heavy atom. The van der Waals surface area contributed by atoms with E-state index in [4.69, 9.17) is 4.98 Å². The standard InChI is InChI=1S/C18H16BrN3OS/c19-16-7-6-15(24-16)17-20-14-8-9-22(11-13(14)18(23)21-17)10-12-4-2-1-3-5-12/h1-7H,8-11H2,(H,20,21,23). The molecule has 1 aliphatic heterocycles. The molecule has 0 unspecified atom stereocenters. The Hall–Kier alpha value is -1.76. The number of thiophene rings is 1. The number of nitrogens with one attached hydrogen (secondary N) is 1. The van der Waals surface area contributed by atoms with Gasteiger partial charge in [-0.2, -0.15) is 0 Å². The second kappa shape index (κ2) is 6.63. The van der Waals surface area contributed by atoms with Crippen molar-refractivity contribution in [1.82, 2.24) is 14.9 Å². The molecule has 4 nitrogen and oxygen atoms in total. The van der Waals surface area contributed by atoms with Crippen LogP contribution in [0.25, 0.3) is 10.7 Å². The summed E-state index contributed by atoms with van der Waals surface area (Å²) in [4.78, 5) is 23.5. The zero-order valence-electron chi connectivity index (χ0n) is 13.0. The van der Waals surface area contributed by atoms with Gasteiger partial charge in [-0.25, -0.2) is 4.98 Å². The van der Waals surface area contributed by atoms with Gasteiger partial charge in [0.25, 0.3) is 5.56 Å². The number of hydrogen-bond donors (Lipinski definition) is 1. The lowest BCUT2D eigenvalue weighted by Crippen LogP contribution is -2.35. The molecule has 0 fully saturated rings. The highest BCUT2D eigenvalue weighted by Gasteiger charge is 2.21. The van der Waals surface area contributed by atoms with Crippen molar-refractivity contribution in [2.45, 2.75) is 19.5 Å². The van der Waals surface area contributed by atoms with E-state index in [-0.39, 0.29) is 5.56 Å². The van der Waals surface area contributed by atoms with Gasteiger partial charge in [0.1, 0.15) is 0 Å². The topological polar surface area (TPSA) is 49.0 Å². The number of aromatic nitrogens is 2. The number of fused-ring (bicyclic) bond motifs is 1. The predicted molar refractivity (Wildman–Crippen MR) is 100 cm³/mol. The van der Waals surface area contributed by atoms with Gasteiger partial charge in [0, 0.05) is 26.1 Å². The predicted octanol–water partition coefficient (Wildman–Crippen LogP) is 3.82. The van der Waals surface area contributed by atoms with E-state index >= 15 is 0 Å². The number of H-pyrrole nitrogens is 1. The zero-order chi connectivity index (χ0) is 16.5. The second-order valence-electron chi connectivity index (χ2n) is 5.89. The van der Waals surface area contributed by atoms with Crippen LogP contribution in [0.1, 0.15) is 16.8 Å². The van der Waals surface area contributed by atoms with Gasteiger partial charge in [-0.3, -0.25) is 9.69 Å². The molecule has 24 heavy (non-hydrogen) atoms. The highest BCUT2D eigenvalue weighted by molar-refractivity contribution is 9.11. The van der Waals surface area contributed by atoms with Crippen molar-refractivity contribution in [2.75, 3.05) is 6.54 Å². The third-order valence-electron chi connectivity index (χ3n) is 4.20. The van der Waals surface area contributed by atoms with E-state index in [0.29, 0.717) is 12.4 Å². The zero-order valence-corrected chi connectivity index (χ0v) is 15.4. The first kappa shape index (κ1) is 15.7. The molecule has 1 N–H and O–H groups in total. The smallest absolute Gasteiger partial charge is 0.255 e. The van der Waals surface area contributed by atoms with E-state index < -0.39 is 0 Å². The van der Waals surface area contributed by atoms with Crippen LogP contribution in [0.15, 0.2) is 51.0 Å². The second-order valence-corrected chi connectivity index (χ2v) is 8.35. The lowest BCUT2D eigenvalue weighted by molar-refractivity contribution is 0.242. The van der Waals surface area contributed by atoms with E-state index in [1.807, 2.05) is 30.3 Å². The lowest BCUT2D eigenvalue weighted by Gasteiger charge is -2.27. The molecule has 4 rings (SSSR count). The van der Waals surface area contributed by atoms with E-state index in [0.717, 1.165) is 39.4 Å². The minimum atomic E-state index is -0.0164. The van der Waals surface area contributed by atoms with Crippen molar-refractivity contribution in [3.05, 3.63) is 73.4 Å². The fourth-order valence-corrected chi connectivity index (χ4v) is 4.35.